The Morgan fingerprint density at radius 3 is 2.71 bits per heavy atom. The summed E-state index contributed by atoms with van der Waals surface area (Å²) in [4.78, 5) is 0. The number of aromatic nitrogens is 2. The molecule has 0 aliphatic heterocycles. The van der Waals surface area contributed by atoms with E-state index >= 15 is 0 Å². The predicted molar refractivity (Wildman–Crippen MR) is 63.4 cm³/mol. The highest BCUT2D eigenvalue weighted by Crippen LogP contribution is 2.30. The lowest BCUT2D eigenvalue weighted by molar-refractivity contribution is 0.219. The summed E-state index contributed by atoms with van der Waals surface area (Å²) in [6.45, 7) is 1.78. The lowest BCUT2D eigenvalue weighted by Crippen LogP contribution is -2.01. The first kappa shape index (κ1) is 12.1. The number of rotatable bonds is 2. The first-order valence-corrected chi connectivity index (χ1v) is 5.50. The molecule has 0 fully saturated rings. The van der Waals surface area contributed by atoms with Crippen LogP contribution in [0.3, 0.4) is 0 Å². The normalized spacial score (nSPS) is 12.8. The van der Waals surface area contributed by atoms with Crippen LogP contribution in [-0.2, 0) is 7.05 Å². The zero-order valence-corrected chi connectivity index (χ0v) is 10.2. The van der Waals surface area contributed by atoms with Gasteiger partial charge in [0.15, 0.2) is 0 Å². The molecule has 0 aliphatic rings. The molecule has 0 radical (unpaired) electrons. The van der Waals surface area contributed by atoms with E-state index in [2.05, 4.69) is 5.10 Å². The zero-order valence-electron chi connectivity index (χ0n) is 9.48. The summed E-state index contributed by atoms with van der Waals surface area (Å²) >= 11 is 5.95. The molecule has 2 rings (SSSR count). The Labute approximate surface area is 103 Å². The number of aryl methyl sites for hydroxylation is 2. The summed E-state index contributed by atoms with van der Waals surface area (Å²) in [7, 11) is 1.76. The van der Waals surface area contributed by atoms with Crippen LogP contribution in [0.2, 0.25) is 5.02 Å². The molecule has 90 valence electrons. The van der Waals surface area contributed by atoms with Gasteiger partial charge < -0.3 is 5.11 Å². The van der Waals surface area contributed by atoms with Crippen LogP contribution in [0.4, 0.5) is 4.39 Å². The van der Waals surface area contributed by atoms with Gasteiger partial charge in [-0.15, -0.1) is 0 Å². The van der Waals surface area contributed by atoms with Crippen molar-refractivity contribution in [1.29, 1.82) is 0 Å². The van der Waals surface area contributed by atoms with E-state index in [0.29, 0.717) is 21.8 Å². The fourth-order valence-electron chi connectivity index (χ4n) is 1.78. The van der Waals surface area contributed by atoms with Crippen LogP contribution in [0.5, 0.6) is 0 Å². The molecule has 0 saturated heterocycles. The molecule has 0 spiro atoms. The van der Waals surface area contributed by atoms with Gasteiger partial charge in [-0.25, -0.2) is 4.39 Å². The summed E-state index contributed by atoms with van der Waals surface area (Å²) < 4.78 is 14.7. The summed E-state index contributed by atoms with van der Waals surface area (Å²) in [6, 6.07) is 3.93. The Hall–Kier alpha value is -1.39. The van der Waals surface area contributed by atoms with Crippen molar-refractivity contribution < 1.29 is 9.50 Å². The number of benzene rings is 1. The van der Waals surface area contributed by atoms with Crippen LogP contribution >= 0.6 is 11.6 Å². The fourth-order valence-corrected chi connectivity index (χ4v) is 2.00. The van der Waals surface area contributed by atoms with E-state index in [1.54, 1.807) is 24.9 Å². The van der Waals surface area contributed by atoms with E-state index in [4.69, 9.17) is 11.6 Å². The van der Waals surface area contributed by atoms with Gasteiger partial charge in [0, 0.05) is 29.4 Å². The monoisotopic (exact) mass is 254 g/mol. The van der Waals surface area contributed by atoms with E-state index in [1.165, 1.54) is 18.2 Å². The third kappa shape index (κ3) is 2.33. The Bertz CT molecular complexity index is 553. The van der Waals surface area contributed by atoms with E-state index in [-0.39, 0.29) is 0 Å². The molecule has 0 saturated carbocycles. The quantitative estimate of drug-likeness (QED) is 0.895. The summed E-state index contributed by atoms with van der Waals surface area (Å²) in [5, 5.41) is 14.7. The average molecular weight is 255 g/mol. The van der Waals surface area contributed by atoms with Crippen molar-refractivity contribution >= 4 is 11.6 Å². The van der Waals surface area contributed by atoms with Crippen LogP contribution in [0.15, 0.2) is 24.4 Å². The van der Waals surface area contributed by atoms with Crippen molar-refractivity contribution in [1.82, 2.24) is 9.78 Å². The Morgan fingerprint density at radius 2 is 2.12 bits per heavy atom. The molecule has 0 bridgehead atoms. The maximum absolute atomic E-state index is 13.1. The van der Waals surface area contributed by atoms with Crippen LogP contribution in [0, 0.1) is 12.7 Å². The molecular formula is C12H12ClFN2O. The van der Waals surface area contributed by atoms with Crippen molar-refractivity contribution in [3.05, 3.63) is 52.1 Å². The minimum absolute atomic E-state index is 0.335. The van der Waals surface area contributed by atoms with Crippen molar-refractivity contribution in [3.63, 3.8) is 0 Å². The molecule has 1 N–H and O–H groups in total. The summed E-state index contributed by atoms with van der Waals surface area (Å²) in [5.41, 5.74) is 1.67. The van der Waals surface area contributed by atoms with Gasteiger partial charge in [-0.1, -0.05) is 11.6 Å². The molecule has 2 aromatic rings. The van der Waals surface area contributed by atoms with Gasteiger partial charge in [0.05, 0.1) is 5.69 Å². The molecule has 1 unspecified atom stereocenters. The Morgan fingerprint density at radius 1 is 1.41 bits per heavy atom. The molecule has 3 nitrogen and oxygen atoms in total. The van der Waals surface area contributed by atoms with Crippen LogP contribution in [0.25, 0.3) is 0 Å². The molecule has 1 atom stereocenters. The number of aliphatic hydroxyl groups excluding tert-OH is 1. The number of nitrogens with zero attached hydrogens (tertiary/aromatic N) is 2. The lowest BCUT2D eigenvalue weighted by Gasteiger charge is -2.11. The van der Waals surface area contributed by atoms with Gasteiger partial charge in [0.1, 0.15) is 11.9 Å². The van der Waals surface area contributed by atoms with Crippen molar-refractivity contribution in [3.8, 4) is 0 Å². The fraction of sp³-hybridized carbons (Fsp3) is 0.250. The maximum atomic E-state index is 13.1. The standard InChI is InChI=1S/C12H12ClFN2O/c1-7-10(6-16(2)15-7)12(17)9-5-8(14)3-4-11(9)13/h3-6,12,17H,1-2H3. The summed E-state index contributed by atoms with van der Waals surface area (Å²) in [6.07, 6.45) is 0.730. The minimum Gasteiger partial charge on any atom is -0.383 e. The van der Waals surface area contributed by atoms with Crippen molar-refractivity contribution in [2.45, 2.75) is 13.0 Å². The predicted octanol–water partition coefficient (Wildman–Crippen LogP) is 2.60. The highest BCUT2D eigenvalue weighted by Gasteiger charge is 2.18. The van der Waals surface area contributed by atoms with Gasteiger partial charge >= 0.3 is 0 Å². The van der Waals surface area contributed by atoms with E-state index in [1.807, 2.05) is 0 Å². The van der Waals surface area contributed by atoms with Crippen LogP contribution in [-0.4, -0.2) is 14.9 Å². The van der Waals surface area contributed by atoms with E-state index < -0.39 is 11.9 Å². The van der Waals surface area contributed by atoms with Gasteiger partial charge in [0.25, 0.3) is 0 Å². The van der Waals surface area contributed by atoms with Gasteiger partial charge in [-0.05, 0) is 25.1 Å². The van der Waals surface area contributed by atoms with E-state index in [0.717, 1.165) is 0 Å². The highest BCUT2D eigenvalue weighted by molar-refractivity contribution is 6.31. The number of aliphatic hydroxyl groups is 1. The zero-order chi connectivity index (χ0) is 12.6. The Balaban J connectivity index is 2.46. The van der Waals surface area contributed by atoms with Gasteiger partial charge in [-0.3, -0.25) is 4.68 Å². The van der Waals surface area contributed by atoms with Crippen LogP contribution < -0.4 is 0 Å². The second-order valence-electron chi connectivity index (χ2n) is 3.91. The third-order valence-corrected chi connectivity index (χ3v) is 2.94. The van der Waals surface area contributed by atoms with Crippen molar-refractivity contribution in [2.24, 2.45) is 7.05 Å². The SMILES string of the molecule is Cc1nn(C)cc1C(O)c1cc(F)ccc1Cl. The molecule has 0 amide bonds. The molecule has 1 aromatic heterocycles. The lowest BCUT2D eigenvalue weighted by atomic mass is 10.0. The first-order chi connectivity index (χ1) is 7.99. The molecule has 1 aromatic carbocycles. The van der Waals surface area contributed by atoms with E-state index in [9.17, 15) is 9.50 Å². The highest BCUT2D eigenvalue weighted by atomic mass is 35.5. The topological polar surface area (TPSA) is 38.0 Å². The number of hydrogen-bond donors (Lipinski definition) is 1. The molecular weight excluding hydrogens is 243 g/mol. The molecule has 17 heavy (non-hydrogen) atoms. The maximum Gasteiger partial charge on any atom is 0.123 e. The average Bonchev–Trinajstić information content (AvgIpc) is 2.60. The third-order valence-electron chi connectivity index (χ3n) is 2.60. The minimum atomic E-state index is -0.966. The van der Waals surface area contributed by atoms with Gasteiger partial charge in [0.2, 0.25) is 0 Å². The molecule has 1 heterocycles. The number of hydrogen-bond acceptors (Lipinski definition) is 2. The Kier molecular flexibility index (Phi) is 3.17. The molecule has 0 aliphatic carbocycles. The first-order valence-electron chi connectivity index (χ1n) is 5.12. The van der Waals surface area contributed by atoms with Crippen molar-refractivity contribution in [2.75, 3.05) is 0 Å². The van der Waals surface area contributed by atoms with Crippen LogP contribution in [0.1, 0.15) is 22.9 Å². The van der Waals surface area contributed by atoms with Gasteiger partial charge in [-0.2, -0.15) is 5.10 Å². The summed E-state index contributed by atoms with van der Waals surface area (Å²) in [5.74, 6) is -0.426. The second-order valence-corrected chi connectivity index (χ2v) is 4.32. The smallest absolute Gasteiger partial charge is 0.123 e. The molecule has 5 heteroatoms. The number of halogens is 2. The largest absolute Gasteiger partial charge is 0.383 e. The second kappa shape index (κ2) is 4.47.